The molecule has 0 bridgehead atoms. The van der Waals surface area contributed by atoms with Gasteiger partial charge in [0.15, 0.2) is 5.82 Å². The van der Waals surface area contributed by atoms with Crippen LogP contribution in [0.5, 0.6) is 0 Å². The quantitative estimate of drug-likeness (QED) is 0.737. The molecule has 3 heterocycles. The second-order valence-electron chi connectivity index (χ2n) is 5.73. The summed E-state index contributed by atoms with van der Waals surface area (Å²) in [5.41, 5.74) is 3.96. The van der Waals surface area contributed by atoms with E-state index in [0.717, 1.165) is 34.2 Å². The minimum Gasteiger partial charge on any atom is -0.361 e. The second kappa shape index (κ2) is 5.83. The zero-order valence-electron chi connectivity index (χ0n) is 14.0. The third kappa shape index (κ3) is 2.94. The van der Waals surface area contributed by atoms with Crippen LogP contribution in [-0.4, -0.2) is 32.0 Å². The largest absolute Gasteiger partial charge is 0.361 e. The van der Waals surface area contributed by atoms with E-state index in [2.05, 4.69) is 20.2 Å². The maximum absolute atomic E-state index is 5.22. The number of nitrogens with zero attached hydrogens (tertiary/aromatic N) is 6. The molecular weight excluding hydrogens is 292 g/mol. The molecular formula is C16H20N6O. The first-order valence-electron chi connectivity index (χ1n) is 7.44. The van der Waals surface area contributed by atoms with Crippen molar-refractivity contribution >= 4 is 5.82 Å². The molecule has 23 heavy (non-hydrogen) atoms. The number of hydrogen-bond acceptors (Lipinski definition) is 6. The molecule has 0 atom stereocenters. The van der Waals surface area contributed by atoms with Gasteiger partial charge in [-0.25, -0.2) is 9.67 Å². The van der Waals surface area contributed by atoms with Gasteiger partial charge in [0, 0.05) is 24.8 Å². The van der Waals surface area contributed by atoms with Crippen molar-refractivity contribution in [3.05, 3.63) is 46.9 Å². The van der Waals surface area contributed by atoms with Crippen LogP contribution in [0.4, 0.5) is 5.82 Å². The van der Waals surface area contributed by atoms with Crippen molar-refractivity contribution < 1.29 is 4.52 Å². The minimum absolute atomic E-state index is 0.663. The number of anilines is 1. The molecule has 0 aromatic carbocycles. The topological polar surface area (TPSA) is 72.9 Å². The SMILES string of the molecule is Cc1cc(C)n(-c2cncc(N(C)Cc3c(C)noc3C)n2)n1. The summed E-state index contributed by atoms with van der Waals surface area (Å²) in [5, 5.41) is 8.45. The maximum atomic E-state index is 5.22. The summed E-state index contributed by atoms with van der Waals surface area (Å²) in [7, 11) is 1.97. The molecule has 0 saturated heterocycles. The van der Waals surface area contributed by atoms with E-state index in [0.29, 0.717) is 12.4 Å². The molecule has 0 saturated carbocycles. The van der Waals surface area contributed by atoms with Crippen molar-refractivity contribution in [3.8, 4) is 5.82 Å². The van der Waals surface area contributed by atoms with Crippen LogP contribution < -0.4 is 4.90 Å². The van der Waals surface area contributed by atoms with Crippen LogP contribution in [0.2, 0.25) is 0 Å². The van der Waals surface area contributed by atoms with E-state index >= 15 is 0 Å². The molecule has 0 N–H and O–H groups in total. The Bertz CT molecular complexity index is 815. The third-order valence-electron chi connectivity index (χ3n) is 3.80. The van der Waals surface area contributed by atoms with E-state index in [1.807, 2.05) is 45.7 Å². The molecule has 7 heteroatoms. The maximum Gasteiger partial charge on any atom is 0.174 e. The van der Waals surface area contributed by atoms with Crippen LogP contribution in [-0.2, 0) is 6.54 Å². The second-order valence-corrected chi connectivity index (χ2v) is 5.73. The molecule has 0 aliphatic carbocycles. The van der Waals surface area contributed by atoms with Gasteiger partial charge in [0.2, 0.25) is 0 Å². The smallest absolute Gasteiger partial charge is 0.174 e. The summed E-state index contributed by atoms with van der Waals surface area (Å²) in [6.07, 6.45) is 3.46. The zero-order valence-corrected chi connectivity index (χ0v) is 14.0. The molecule has 3 aromatic heterocycles. The van der Waals surface area contributed by atoms with Crippen LogP contribution in [0, 0.1) is 27.7 Å². The lowest BCUT2D eigenvalue weighted by Gasteiger charge is -2.18. The van der Waals surface area contributed by atoms with Crippen LogP contribution in [0.3, 0.4) is 0 Å². The Hall–Kier alpha value is -2.70. The van der Waals surface area contributed by atoms with Gasteiger partial charge in [-0.3, -0.25) is 4.98 Å². The predicted molar refractivity (Wildman–Crippen MR) is 86.7 cm³/mol. The van der Waals surface area contributed by atoms with Gasteiger partial charge in [-0.05, 0) is 33.8 Å². The highest BCUT2D eigenvalue weighted by molar-refractivity contribution is 5.40. The van der Waals surface area contributed by atoms with Crippen LogP contribution in [0.1, 0.15) is 28.4 Å². The van der Waals surface area contributed by atoms with Gasteiger partial charge in [-0.1, -0.05) is 5.16 Å². The molecule has 0 spiro atoms. The molecule has 0 amide bonds. The summed E-state index contributed by atoms with van der Waals surface area (Å²) in [6, 6.07) is 2.02. The number of aromatic nitrogens is 5. The van der Waals surface area contributed by atoms with Gasteiger partial charge in [-0.2, -0.15) is 5.10 Å². The summed E-state index contributed by atoms with van der Waals surface area (Å²) in [4.78, 5) is 11.0. The highest BCUT2D eigenvalue weighted by Crippen LogP contribution is 2.19. The third-order valence-corrected chi connectivity index (χ3v) is 3.80. The first-order chi connectivity index (χ1) is 11.0. The van der Waals surface area contributed by atoms with Crippen LogP contribution in [0.15, 0.2) is 23.0 Å². The Morgan fingerprint density at radius 2 is 1.96 bits per heavy atom. The van der Waals surface area contributed by atoms with Gasteiger partial charge >= 0.3 is 0 Å². The Morgan fingerprint density at radius 1 is 1.17 bits per heavy atom. The number of aryl methyl sites for hydroxylation is 4. The molecule has 0 aliphatic heterocycles. The van der Waals surface area contributed by atoms with Gasteiger partial charge < -0.3 is 9.42 Å². The average Bonchev–Trinajstić information content (AvgIpc) is 3.03. The monoisotopic (exact) mass is 312 g/mol. The number of rotatable bonds is 4. The minimum atomic E-state index is 0.663. The Labute approximate surface area is 135 Å². The highest BCUT2D eigenvalue weighted by atomic mass is 16.5. The molecule has 0 aliphatic rings. The zero-order chi connectivity index (χ0) is 16.6. The lowest BCUT2D eigenvalue weighted by molar-refractivity contribution is 0.392. The normalized spacial score (nSPS) is 11.0. The molecule has 0 unspecified atom stereocenters. The van der Waals surface area contributed by atoms with Gasteiger partial charge in [-0.15, -0.1) is 0 Å². The fraction of sp³-hybridized carbons (Fsp3) is 0.375. The Balaban J connectivity index is 1.89. The van der Waals surface area contributed by atoms with E-state index < -0.39 is 0 Å². The standard InChI is InChI=1S/C16H20N6O/c1-10-6-11(2)22(19-10)16-8-17-7-15(18-16)21(5)9-14-12(3)20-23-13(14)4/h6-8H,9H2,1-5H3. The lowest BCUT2D eigenvalue weighted by Crippen LogP contribution is -2.19. The summed E-state index contributed by atoms with van der Waals surface area (Å²) in [5.74, 6) is 2.31. The first kappa shape index (κ1) is 15.2. The summed E-state index contributed by atoms with van der Waals surface area (Å²) < 4.78 is 7.02. The van der Waals surface area contributed by atoms with Crippen molar-refractivity contribution in [2.75, 3.05) is 11.9 Å². The predicted octanol–water partition coefficient (Wildman–Crippen LogP) is 2.52. The summed E-state index contributed by atoms with van der Waals surface area (Å²) >= 11 is 0. The molecule has 7 nitrogen and oxygen atoms in total. The van der Waals surface area contributed by atoms with E-state index in [1.165, 1.54) is 0 Å². The van der Waals surface area contributed by atoms with Crippen LogP contribution in [0.25, 0.3) is 5.82 Å². The Morgan fingerprint density at radius 3 is 2.57 bits per heavy atom. The van der Waals surface area contributed by atoms with Crippen molar-refractivity contribution in [1.29, 1.82) is 0 Å². The van der Waals surface area contributed by atoms with E-state index in [4.69, 9.17) is 4.52 Å². The van der Waals surface area contributed by atoms with Crippen molar-refractivity contribution in [3.63, 3.8) is 0 Å². The van der Waals surface area contributed by atoms with Gasteiger partial charge in [0.05, 0.1) is 23.8 Å². The first-order valence-corrected chi connectivity index (χ1v) is 7.44. The van der Waals surface area contributed by atoms with E-state index in [1.54, 1.807) is 17.1 Å². The Kier molecular flexibility index (Phi) is 3.85. The summed E-state index contributed by atoms with van der Waals surface area (Å²) in [6.45, 7) is 8.49. The van der Waals surface area contributed by atoms with Gasteiger partial charge in [0.1, 0.15) is 11.6 Å². The van der Waals surface area contributed by atoms with Crippen molar-refractivity contribution in [1.82, 2.24) is 24.9 Å². The average molecular weight is 312 g/mol. The molecule has 120 valence electrons. The van der Waals surface area contributed by atoms with Crippen LogP contribution >= 0.6 is 0 Å². The fourth-order valence-electron chi connectivity index (χ4n) is 2.54. The van der Waals surface area contributed by atoms with Crippen molar-refractivity contribution in [2.24, 2.45) is 0 Å². The van der Waals surface area contributed by atoms with E-state index in [-0.39, 0.29) is 0 Å². The molecule has 3 aromatic rings. The van der Waals surface area contributed by atoms with E-state index in [9.17, 15) is 0 Å². The number of hydrogen-bond donors (Lipinski definition) is 0. The lowest BCUT2D eigenvalue weighted by atomic mass is 10.2. The van der Waals surface area contributed by atoms with Gasteiger partial charge in [0.25, 0.3) is 0 Å². The van der Waals surface area contributed by atoms with Crippen molar-refractivity contribution in [2.45, 2.75) is 34.2 Å². The molecule has 3 rings (SSSR count). The fourth-order valence-corrected chi connectivity index (χ4v) is 2.54. The highest BCUT2D eigenvalue weighted by Gasteiger charge is 2.14. The molecule has 0 fully saturated rings. The molecule has 0 radical (unpaired) electrons.